The van der Waals surface area contributed by atoms with Crippen LogP contribution in [0.2, 0.25) is 0 Å². The Morgan fingerprint density at radius 2 is 1.84 bits per heavy atom. The zero-order chi connectivity index (χ0) is 13.5. The molecule has 3 nitrogen and oxygen atoms in total. The fourth-order valence-corrected chi connectivity index (χ4v) is 2.65. The quantitative estimate of drug-likeness (QED) is 0.902. The number of hydrogen-bond donors (Lipinski definition) is 1. The lowest BCUT2D eigenvalue weighted by Crippen LogP contribution is -2.32. The molecule has 0 unspecified atom stereocenters. The van der Waals surface area contributed by atoms with Crippen LogP contribution in [0.15, 0.2) is 24.3 Å². The lowest BCUT2D eigenvalue weighted by molar-refractivity contribution is 0.0760. The minimum absolute atomic E-state index is 0.216. The Labute approximate surface area is 116 Å². The van der Waals surface area contributed by atoms with Crippen molar-refractivity contribution in [2.75, 3.05) is 26.7 Å². The van der Waals surface area contributed by atoms with Crippen LogP contribution in [-0.4, -0.2) is 37.5 Å². The highest BCUT2D eigenvalue weighted by Gasteiger charge is 2.19. The number of benzene rings is 1. The molecule has 0 saturated carbocycles. The topological polar surface area (TPSA) is 32.3 Å². The summed E-state index contributed by atoms with van der Waals surface area (Å²) in [4.78, 5) is 14.7. The molecule has 2 rings (SSSR count). The molecule has 0 radical (unpaired) electrons. The molecule has 1 aromatic carbocycles. The molecule has 1 aliphatic heterocycles. The van der Waals surface area contributed by atoms with Gasteiger partial charge in [0.25, 0.3) is 5.91 Å². The van der Waals surface area contributed by atoms with Crippen molar-refractivity contribution in [1.29, 1.82) is 0 Å². The molecular weight excluding hydrogens is 236 g/mol. The number of likely N-dealkylation sites (N-methyl/N-ethyl adjacent to an activating group) is 1. The fourth-order valence-electron chi connectivity index (χ4n) is 2.65. The van der Waals surface area contributed by atoms with Crippen LogP contribution in [0.4, 0.5) is 0 Å². The second-order valence-corrected chi connectivity index (χ2v) is 5.22. The van der Waals surface area contributed by atoms with E-state index < -0.39 is 0 Å². The molecule has 0 bridgehead atoms. The molecule has 1 heterocycles. The summed E-state index contributed by atoms with van der Waals surface area (Å²) in [5, 5.41) is 3.15. The molecular formula is C16H24N2O. The average molecular weight is 260 g/mol. The first-order chi connectivity index (χ1) is 9.33. The van der Waals surface area contributed by atoms with E-state index in [-0.39, 0.29) is 5.91 Å². The van der Waals surface area contributed by atoms with Crippen molar-refractivity contribution < 1.29 is 4.79 Å². The van der Waals surface area contributed by atoms with E-state index in [4.69, 9.17) is 0 Å². The first-order valence-electron chi connectivity index (χ1n) is 7.34. The molecule has 1 saturated heterocycles. The normalized spacial score (nSPS) is 16.2. The third-order valence-corrected chi connectivity index (χ3v) is 3.79. The zero-order valence-corrected chi connectivity index (χ0v) is 11.8. The lowest BCUT2D eigenvalue weighted by atomic mass is 10.0. The first-order valence-corrected chi connectivity index (χ1v) is 7.34. The highest BCUT2D eigenvalue weighted by atomic mass is 16.2. The van der Waals surface area contributed by atoms with Crippen molar-refractivity contribution in [1.82, 2.24) is 10.2 Å². The van der Waals surface area contributed by atoms with E-state index >= 15 is 0 Å². The largest absolute Gasteiger partial charge is 0.339 e. The summed E-state index contributed by atoms with van der Waals surface area (Å²) in [6.07, 6.45) is 5.71. The van der Waals surface area contributed by atoms with Crippen molar-refractivity contribution >= 4 is 5.91 Å². The van der Waals surface area contributed by atoms with Gasteiger partial charge in [0.05, 0.1) is 0 Å². The highest BCUT2D eigenvalue weighted by molar-refractivity contribution is 5.95. The molecule has 0 spiro atoms. The average Bonchev–Trinajstić information content (AvgIpc) is 2.73. The van der Waals surface area contributed by atoms with Crippen molar-refractivity contribution in [2.45, 2.75) is 32.1 Å². The molecule has 1 aromatic rings. The van der Waals surface area contributed by atoms with Crippen LogP contribution in [0.25, 0.3) is 0 Å². The minimum Gasteiger partial charge on any atom is -0.339 e. The highest BCUT2D eigenvalue weighted by Crippen LogP contribution is 2.16. The smallest absolute Gasteiger partial charge is 0.254 e. The van der Waals surface area contributed by atoms with Crippen LogP contribution < -0.4 is 5.32 Å². The summed E-state index contributed by atoms with van der Waals surface area (Å²) in [5.41, 5.74) is 2.05. The molecule has 1 fully saturated rings. The lowest BCUT2D eigenvalue weighted by Gasteiger charge is -2.21. The number of carbonyl (C=O) groups excluding carboxylic acids is 1. The van der Waals surface area contributed by atoms with E-state index in [1.807, 2.05) is 30.1 Å². The summed E-state index contributed by atoms with van der Waals surface area (Å²) >= 11 is 0. The van der Waals surface area contributed by atoms with Gasteiger partial charge in [-0.15, -0.1) is 0 Å². The predicted octanol–water partition coefficient (Wildman–Crippen LogP) is 2.46. The number of carbonyl (C=O) groups is 1. The third-order valence-electron chi connectivity index (χ3n) is 3.79. The van der Waals surface area contributed by atoms with Crippen molar-refractivity contribution in [3.8, 4) is 0 Å². The molecule has 0 aliphatic carbocycles. The Kier molecular flexibility index (Phi) is 5.40. The maximum Gasteiger partial charge on any atom is 0.254 e. The van der Waals surface area contributed by atoms with Crippen LogP contribution in [-0.2, 0) is 6.42 Å². The van der Waals surface area contributed by atoms with Gasteiger partial charge in [0, 0.05) is 18.7 Å². The van der Waals surface area contributed by atoms with Gasteiger partial charge >= 0.3 is 0 Å². The molecule has 1 amide bonds. The minimum atomic E-state index is 0.216. The van der Waals surface area contributed by atoms with Crippen molar-refractivity contribution in [2.24, 2.45) is 0 Å². The Morgan fingerprint density at radius 3 is 2.53 bits per heavy atom. The maximum absolute atomic E-state index is 12.6. The predicted molar refractivity (Wildman–Crippen MR) is 78.4 cm³/mol. The van der Waals surface area contributed by atoms with Crippen molar-refractivity contribution in [3.63, 3.8) is 0 Å². The van der Waals surface area contributed by atoms with E-state index in [1.54, 1.807) is 0 Å². The van der Waals surface area contributed by atoms with Gasteiger partial charge in [-0.25, -0.2) is 0 Å². The van der Waals surface area contributed by atoms with Gasteiger partial charge in [0.1, 0.15) is 0 Å². The Morgan fingerprint density at radius 1 is 1.16 bits per heavy atom. The fraction of sp³-hybridized carbons (Fsp3) is 0.562. The summed E-state index contributed by atoms with van der Waals surface area (Å²) in [5.74, 6) is 0.216. The Balaban J connectivity index is 2.12. The monoisotopic (exact) mass is 260 g/mol. The maximum atomic E-state index is 12.6. The third kappa shape index (κ3) is 3.80. The summed E-state index contributed by atoms with van der Waals surface area (Å²) in [6, 6.07) is 8.03. The molecule has 19 heavy (non-hydrogen) atoms. The van der Waals surface area contributed by atoms with Gasteiger partial charge in [-0.05, 0) is 44.5 Å². The van der Waals surface area contributed by atoms with E-state index in [2.05, 4.69) is 11.4 Å². The number of amides is 1. The van der Waals surface area contributed by atoms with Gasteiger partial charge in [0.15, 0.2) is 0 Å². The SMILES string of the molecule is CNCCc1ccccc1C(=O)N1CCCCCC1. The first kappa shape index (κ1) is 14.1. The molecule has 104 valence electrons. The number of likely N-dealkylation sites (tertiary alicyclic amines) is 1. The van der Waals surface area contributed by atoms with E-state index in [0.717, 1.165) is 50.0 Å². The molecule has 0 atom stereocenters. The summed E-state index contributed by atoms with van der Waals surface area (Å²) in [6.45, 7) is 2.74. The summed E-state index contributed by atoms with van der Waals surface area (Å²) in [7, 11) is 1.94. The van der Waals surface area contributed by atoms with Crippen LogP contribution in [0.3, 0.4) is 0 Å². The number of nitrogens with zero attached hydrogens (tertiary/aromatic N) is 1. The molecule has 0 aromatic heterocycles. The number of nitrogens with one attached hydrogen (secondary N) is 1. The van der Waals surface area contributed by atoms with E-state index in [9.17, 15) is 4.79 Å². The van der Waals surface area contributed by atoms with Crippen LogP contribution in [0, 0.1) is 0 Å². The molecule has 1 aliphatic rings. The van der Waals surface area contributed by atoms with Gasteiger partial charge in [-0.1, -0.05) is 31.0 Å². The molecule has 1 N–H and O–H groups in total. The standard InChI is InChI=1S/C16H24N2O/c1-17-11-10-14-8-4-5-9-15(14)16(19)18-12-6-2-3-7-13-18/h4-5,8-9,17H,2-3,6-7,10-13H2,1H3. The van der Waals surface area contributed by atoms with Gasteiger partial charge < -0.3 is 10.2 Å². The van der Waals surface area contributed by atoms with Crippen LogP contribution in [0.5, 0.6) is 0 Å². The Hall–Kier alpha value is -1.35. The second-order valence-electron chi connectivity index (χ2n) is 5.22. The summed E-state index contributed by atoms with van der Waals surface area (Å²) < 4.78 is 0. The van der Waals surface area contributed by atoms with Gasteiger partial charge in [-0.3, -0.25) is 4.79 Å². The number of rotatable bonds is 4. The van der Waals surface area contributed by atoms with E-state index in [1.165, 1.54) is 12.8 Å². The molecule has 3 heteroatoms. The van der Waals surface area contributed by atoms with Gasteiger partial charge in [0.2, 0.25) is 0 Å². The second kappa shape index (κ2) is 7.29. The van der Waals surface area contributed by atoms with Gasteiger partial charge in [-0.2, -0.15) is 0 Å². The van der Waals surface area contributed by atoms with E-state index in [0.29, 0.717) is 0 Å². The Bertz CT molecular complexity index is 409. The van der Waals surface area contributed by atoms with Crippen LogP contribution in [0.1, 0.15) is 41.6 Å². The zero-order valence-electron chi connectivity index (χ0n) is 11.8. The van der Waals surface area contributed by atoms with Crippen molar-refractivity contribution in [3.05, 3.63) is 35.4 Å². The van der Waals surface area contributed by atoms with Crippen LogP contribution >= 0.6 is 0 Å². The number of hydrogen-bond acceptors (Lipinski definition) is 2.